The summed E-state index contributed by atoms with van der Waals surface area (Å²) in [6.07, 6.45) is -2.92. The molecule has 2 aromatic carbocycles. The molecule has 0 saturated carbocycles. The number of hydrogen-bond donors (Lipinski definition) is 4. The molecular formula is C24H26N2O7S. The maximum absolute atomic E-state index is 12.5. The first-order valence-electron chi connectivity index (χ1n) is 10.7. The molecule has 0 radical (unpaired) electrons. The van der Waals surface area contributed by atoms with Gasteiger partial charge in [0.25, 0.3) is 0 Å². The summed E-state index contributed by atoms with van der Waals surface area (Å²) >= 11 is 5.34. The number of nitrogens with one attached hydrogen (secondary N) is 1. The van der Waals surface area contributed by atoms with Gasteiger partial charge in [-0.3, -0.25) is 9.55 Å². The summed E-state index contributed by atoms with van der Waals surface area (Å²) in [5.41, 5.74) is 1.94. The first-order chi connectivity index (χ1) is 16.4. The van der Waals surface area contributed by atoms with Gasteiger partial charge in [-0.15, -0.1) is 0 Å². The molecule has 0 unspecified atom stereocenters. The molecule has 4 rings (SSSR count). The van der Waals surface area contributed by atoms with Gasteiger partial charge in [0, 0.05) is 18.2 Å². The van der Waals surface area contributed by atoms with Gasteiger partial charge in [-0.2, -0.15) is 0 Å². The Bertz CT molecular complexity index is 1240. The number of nitrogens with zero attached hydrogens (tertiary/aromatic N) is 1. The summed E-state index contributed by atoms with van der Waals surface area (Å²) in [5, 5.41) is 29.6. The highest BCUT2D eigenvalue weighted by atomic mass is 32.1. The number of hydrogen-bond acceptors (Lipinski definition) is 8. The molecule has 4 N–H and O–H groups in total. The van der Waals surface area contributed by atoms with Crippen molar-refractivity contribution in [2.75, 3.05) is 13.7 Å². The van der Waals surface area contributed by atoms with E-state index in [0.29, 0.717) is 24.3 Å². The van der Waals surface area contributed by atoms with E-state index in [1.807, 2.05) is 48.5 Å². The standard InChI is InChI=1S/C24H26N2O7S/c1-31-17-7-5-14(6-8-17)13-32-18-4-2-3-15(10-18)9-16-11-26(24(30)25-22(16)34)23-21(29)20(28)19(12-27)33-23/h2-8,10-11,19-21,23,27-29H,9,12-13H2,1H3,(H,25,30,34)/t19-,20-,21-,23-/m1/s1. The molecule has 34 heavy (non-hydrogen) atoms. The van der Waals surface area contributed by atoms with Crippen LogP contribution in [0.5, 0.6) is 11.5 Å². The van der Waals surface area contributed by atoms with Gasteiger partial charge in [-0.05, 0) is 35.4 Å². The van der Waals surface area contributed by atoms with Crippen molar-refractivity contribution in [1.29, 1.82) is 0 Å². The molecular weight excluding hydrogens is 460 g/mol. The van der Waals surface area contributed by atoms with Crippen molar-refractivity contribution in [2.24, 2.45) is 0 Å². The molecule has 0 amide bonds. The molecule has 9 nitrogen and oxygen atoms in total. The number of aromatic amines is 1. The zero-order valence-electron chi connectivity index (χ0n) is 18.5. The van der Waals surface area contributed by atoms with E-state index >= 15 is 0 Å². The molecule has 0 aliphatic carbocycles. The SMILES string of the molecule is COc1ccc(COc2cccc(Cc3cn([C@@H]4O[C@H](CO)[C@@H](O)[C@H]4O)c(=O)[nH]c3=S)c2)cc1. The van der Waals surface area contributed by atoms with E-state index in [1.54, 1.807) is 7.11 Å². The monoisotopic (exact) mass is 486 g/mol. The Morgan fingerprint density at radius 2 is 1.85 bits per heavy atom. The van der Waals surface area contributed by atoms with Crippen LogP contribution < -0.4 is 15.2 Å². The van der Waals surface area contributed by atoms with Crippen LogP contribution in [0.1, 0.15) is 22.9 Å². The van der Waals surface area contributed by atoms with Crippen LogP contribution in [0.3, 0.4) is 0 Å². The highest BCUT2D eigenvalue weighted by Gasteiger charge is 2.43. The van der Waals surface area contributed by atoms with Crippen LogP contribution in [-0.4, -0.2) is 56.9 Å². The minimum absolute atomic E-state index is 0.262. The summed E-state index contributed by atoms with van der Waals surface area (Å²) in [5.74, 6) is 1.46. The van der Waals surface area contributed by atoms with E-state index in [9.17, 15) is 20.1 Å². The van der Waals surface area contributed by atoms with E-state index in [4.69, 9.17) is 26.4 Å². The molecule has 3 aromatic rings. The van der Waals surface area contributed by atoms with Crippen LogP contribution in [0.2, 0.25) is 0 Å². The number of aliphatic hydroxyl groups is 3. The van der Waals surface area contributed by atoms with Gasteiger partial charge in [0.05, 0.1) is 13.7 Å². The van der Waals surface area contributed by atoms with Crippen molar-refractivity contribution in [3.05, 3.63) is 86.5 Å². The fourth-order valence-electron chi connectivity index (χ4n) is 3.81. The maximum Gasteiger partial charge on any atom is 0.328 e. The molecule has 1 aliphatic heterocycles. The number of methoxy groups -OCH3 is 1. The first kappa shape index (κ1) is 24.1. The molecule has 180 valence electrons. The number of aliphatic hydroxyl groups excluding tert-OH is 3. The summed E-state index contributed by atoms with van der Waals surface area (Å²) in [6.45, 7) is -0.0911. The average molecular weight is 487 g/mol. The molecule has 1 fully saturated rings. The Kier molecular flexibility index (Phi) is 7.44. The highest BCUT2D eigenvalue weighted by Crippen LogP contribution is 2.28. The molecule has 10 heteroatoms. The summed E-state index contributed by atoms with van der Waals surface area (Å²) in [6, 6.07) is 15.1. The van der Waals surface area contributed by atoms with Gasteiger partial charge in [0.15, 0.2) is 6.23 Å². The highest BCUT2D eigenvalue weighted by molar-refractivity contribution is 7.71. The fourth-order valence-corrected chi connectivity index (χ4v) is 4.02. The van der Waals surface area contributed by atoms with E-state index < -0.39 is 36.8 Å². The van der Waals surface area contributed by atoms with Crippen LogP contribution in [0.15, 0.2) is 59.5 Å². The average Bonchev–Trinajstić information content (AvgIpc) is 3.13. The van der Waals surface area contributed by atoms with Crippen molar-refractivity contribution < 1.29 is 29.5 Å². The molecule has 1 saturated heterocycles. The van der Waals surface area contributed by atoms with Gasteiger partial charge in [-0.1, -0.05) is 36.5 Å². The second kappa shape index (κ2) is 10.5. The number of aromatic nitrogens is 2. The van der Waals surface area contributed by atoms with Crippen LogP contribution in [0.4, 0.5) is 0 Å². The van der Waals surface area contributed by atoms with E-state index in [0.717, 1.165) is 21.4 Å². The Morgan fingerprint density at radius 3 is 2.53 bits per heavy atom. The fraction of sp³-hybridized carbons (Fsp3) is 0.333. The van der Waals surface area contributed by atoms with Crippen molar-refractivity contribution in [1.82, 2.24) is 9.55 Å². The lowest BCUT2D eigenvalue weighted by molar-refractivity contribution is -0.0551. The van der Waals surface area contributed by atoms with Gasteiger partial charge in [0.1, 0.15) is 41.1 Å². The summed E-state index contributed by atoms with van der Waals surface area (Å²) in [4.78, 5) is 15.1. The number of benzene rings is 2. The maximum atomic E-state index is 12.5. The predicted molar refractivity (Wildman–Crippen MR) is 125 cm³/mol. The lowest BCUT2D eigenvalue weighted by Gasteiger charge is -2.18. The molecule has 4 atom stereocenters. The first-order valence-corrected chi connectivity index (χ1v) is 11.1. The molecule has 0 spiro atoms. The zero-order chi connectivity index (χ0) is 24.2. The van der Waals surface area contributed by atoms with Crippen LogP contribution in [-0.2, 0) is 17.8 Å². The molecule has 2 heterocycles. The topological polar surface area (TPSA) is 126 Å². The van der Waals surface area contributed by atoms with Gasteiger partial charge in [0.2, 0.25) is 0 Å². The van der Waals surface area contributed by atoms with E-state index in [2.05, 4.69) is 4.98 Å². The van der Waals surface area contributed by atoms with Gasteiger partial charge < -0.3 is 29.5 Å². The molecule has 0 bridgehead atoms. The van der Waals surface area contributed by atoms with Crippen molar-refractivity contribution >= 4 is 12.2 Å². The minimum Gasteiger partial charge on any atom is -0.497 e. The molecule has 1 aliphatic rings. The second-order valence-electron chi connectivity index (χ2n) is 8.01. The smallest absolute Gasteiger partial charge is 0.328 e. The van der Waals surface area contributed by atoms with Gasteiger partial charge >= 0.3 is 5.69 Å². The number of H-pyrrole nitrogens is 1. The van der Waals surface area contributed by atoms with Crippen molar-refractivity contribution in [3.63, 3.8) is 0 Å². The van der Waals surface area contributed by atoms with E-state index in [-0.39, 0.29) is 4.64 Å². The lowest BCUT2D eigenvalue weighted by atomic mass is 10.1. The summed E-state index contributed by atoms with van der Waals surface area (Å²) < 4.78 is 18.0. The Morgan fingerprint density at radius 1 is 1.09 bits per heavy atom. The second-order valence-corrected chi connectivity index (χ2v) is 8.42. The third kappa shape index (κ3) is 5.21. The third-order valence-electron chi connectivity index (χ3n) is 5.69. The predicted octanol–water partition coefficient (Wildman–Crippen LogP) is 1.70. The largest absolute Gasteiger partial charge is 0.497 e. The number of rotatable bonds is 8. The quantitative estimate of drug-likeness (QED) is 0.355. The summed E-state index contributed by atoms with van der Waals surface area (Å²) in [7, 11) is 1.62. The third-order valence-corrected chi connectivity index (χ3v) is 6.05. The lowest BCUT2D eigenvalue weighted by Crippen LogP contribution is -2.36. The van der Waals surface area contributed by atoms with Crippen LogP contribution in [0, 0.1) is 4.64 Å². The Balaban J connectivity index is 1.51. The minimum atomic E-state index is -1.37. The van der Waals surface area contributed by atoms with Crippen LogP contribution in [0.25, 0.3) is 0 Å². The van der Waals surface area contributed by atoms with Crippen molar-refractivity contribution in [3.8, 4) is 11.5 Å². The Labute approximate surface area is 200 Å². The number of ether oxygens (including phenoxy) is 3. The normalized spacial score (nSPS) is 22.0. The molecule has 1 aromatic heterocycles. The van der Waals surface area contributed by atoms with Gasteiger partial charge in [-0.25, -0.2) is 4.79 Å². The van der Waals surface area contributed by atoms with Crippen molar-refractivity contribution in [2.45, 2.75) is 37.6 Å². The Hall–Kier alpha value is -3.02. The van der Waals surface area contributed by atoms with E-state index in [1.165, 1.54) is 6.20 Å². The zero-order valence-corrected chi connectivity index (χ0v) is 19.3. The van der Waals surface area contributed by atoms with Crippen LogP contribution >= 0.6 is 12.2 Å².